The van der Waals surface area contributed by atoms with Crippen molar-refractivity contribution in [1.29, 1.82) is 0 Å². The van der Waals surface area contributed by atoms with E-state index in [4.69, 9.17) is 0 Å². The first-order valence-corrected chi connectivity index (χ1v) is 8.05. The SMILES string of the molecule is CCCNc1nc(C)nc(N(CCO)C(CC)CC)c1C. The van der Waals surface area contributed by atoms with Crippen molar-refractivity contribution in [2.24, 2.45) is 0 Å². The molecule has 0 atom stereocenters. The van der Waals surface area contributed by atoms with Crippen LogP contribution in [-0.2, 0) is 0 Å². The highest BCUT2D eigenvalue weighted by atomic mass is 16.3. The quantitative estimate of drug-likeness (QED) is 0.733. The molecule has 2 N–H and O–H groups in total. The molecule has 0 aliphatic carbocycles. The molecule has 0 amide bonds. The molecular weight excluding hydrogens is 264 g/mol. The van der Waals surface area contributed by atoms with Gasteiger partial charge < -0.3 is 15.3 Å². The van der Waals surface area contributed by atoms with Crippen molar-refractivity contribution in [3.63, 3.8) is 0 Å². The summed E-state index contributed by atoms with van der Waals surface area (Å²) in [5, 5.41) is 12.8. The normalized spacial score (nSPS) is 11.0. The molecule has 0 spiro atoms. The van der Waals surface area contributed by atoms with Crippen molar-refractivity contribution in [2.45, 2.75) is 59.9 Å². The van der Waals surface area contributed by atoms with Gasteiger partial charge in [0.25, 0.3) is 0 Å². The number of aryl methyl sites for hydroxylation is 1. The zero-order chi connectivity index (χ0) is 15.8. The third-order valence-electron chi connectivity index (χ3n) is 3.77. The smallest absolute Gasteiger partial charge is 0.137 e. The van der Waals surface area contributed by atoms with Gasteiger partial charge in [-0.2, -0.15) is 0 Å². The van der Waals surface area contributed by atoms with Crippen molar-refractivity contribution in [3.8, 4) is 0 Å². The highest BCUT2D eigenvalue weighted by Gasteiger charge is 2.20. The van der Waals surface area contributed by atoms with E-state index in [1.807, 2.05) is 6.92 Å². The third kappa shape index (κ3) is 4.56. The van der Waals surface area contributed by atoms with Gasteiger partial charge in [0.15, 0.2) is 0 Å². The average Bonchev–Trinajstić information content (AvgIpc) is 2.48. The fourth-order valence-electron chi connectivity index (χ4n) is 2.61. The lowest BCUT2D eigenvalue weighted by atomic mass is 10.1. The first-order chi connectivity index (χ1) is 10.1. The van der Waals surface area contributed by atoms with Crippen molar-refractivity contribution in [3.05, 3.63) is 11.4 Å². The summed E-state index contributed by atoms with van der Waals surface area (Å²) in [6.07, 6.45) is 3.14. The fourth-order valence-corrected chi connectivity index (χ4v) is 2.61. The van der Waals surface area contributed by atoms with E-state index >= 15 is 0 Å². The molecule has 1 aromatic rings. The summed E-state index contributed by atoms with van der Waals surface area (Å²) in [5.41, 5.74) is 1.06. The molecule has 0 fully saturated rings. The van der Waals surface area contributed by atoms with E-state index in [0.29, 0.717) is 12.6 Å². The van der Waals surface area contributed by atoms with Crippen LogP contribution in [0.1, 0.15) is 51.4 Å². The Balaban J connectivity index is 3.20. The number of aromatic nitrogens is 2. The molecule has 0 aliphatic rings. The van der Waals surface area contributed by atoms with Gasteiger partial charge in [0.05, 0.1) is 6.61 Å². The second-order valence-electron chi connectivity index (χ2n) is 5.38. The molecule has 5 heteroatoms. The highest BCUT2D eigenvalue weighted by Crippen LogP contribution is 2.26. The van der Waals surface area contributed by atoms with Crippen molar-refractivity contribution < 1.29 is 5.11 Å². The summed E-state index contributed by atoms with van der Waals surface area (Å²) in [7, 11) is 0. The summed E-state index contributed by atoms with van der Waals surface area (Å²) in [6.45, 7) is 12.1. The molecule has 21 heavy (non-hydrogen) atoms. The summed E-state index contributed by atoms with van der Waals surface area (Å²) in [4.78, 5) is 11.4. The van der Waals surface area contributed by atoms with Gasteiger partial charge in [0.1, 0.15) is 17.5 Å². The van der Waals surface area contributed by atoms with Crippen LogP contribution < -0.4 is 10.2 Å². The zero-order valence-electron chi connectivity index (χ0n) is 14.1. The van der Waals surface area contributed by atoms with Gasteiger partial charge in [0.2, 0.25) is 0 Å². The van der Waals surface area contributed by atoms with Gasteiger partial charge in [-0.05, 0) is 33.1 Å². The largest absolute Gasteiger partial charge is 0.395 e. The number of hydrogen-bond acceptors (Lipinski definition) is 5. The van der Waals surface area contributed by atoms with Gasteiger partial charge in [-0.15, -0.1) is 0 Å². The van der Waals surface area contributed by atoms with Crippen LogP contribution in [0, 0.1) is 13.8 Å². The summed E-state index contributed by atoms with van der Waals surface area (Å²) >= 11 is 0. The molecule has 0 aliphatic heterocycles. The Kier molecular flexibility index (Phi) is 7.43. The molecule has 1 aromatic heterocycles. The summed E-state index contributed by atoms with van der Waals surface area (Å²) in [6, 6.07) is 0.393. The second-order valence-corrected chi connectivity index (χ2v) is 5.38. The number of nitrogens with zero attached hydrogens (tertiary/aromatic N) is 3. The van der Waals surface area contributed by atoms with Crippen molar-refractivity contribution >= 4 is 11.6 Å². The maximum absolute atomic E-state index is 9.41. The van der Waals surface area contributed by atoms with E-state index in [-0.39, 0.29) is 6.61 Å². The molecule has 120 valence electrons. The van der Waals surface area contributed by atoms with E-state index in [0.717, 1.165) is 48.8 Å². The zero-order valence-corrected chi connectivity index (χ0v) is 14.1. The van der Waals surface area contributed by atoms with Crippen LogP contribution >= 0.6 is 0 Å². The van der Waals surface area contributed by atoms with Crippen LogP contribution in [0.4, 0.5) is 11.6 Å². The van der Waals surface area contributed by atoms with Gasteiger partial charge in [0, 0.05) is 24.7 Å². The van der Waals surface area contributed by atoms with Crippen LogP contribution in [0.3, 0.4) is 0 Å². The van der Waals surface area contributed by atoms with Crippen molar-refractivity contribution in [1.82, 2.24) is 9.97 Å². The predicted molar refractivity (Wildman–Crippen MR) is 89.1 cm³/mol. The second kappa shape index (κ2) is 8.82. The molecule has 0 bridgehead atoms. The maximum Gasteiger partial charge on any atom is 0.137 e. The summed E-state index contributed by atoms with van der Waals surface area (Å²) < 4.78 is 0. The molecule has 0 aromatic carbocycles. The standard InChI is InChI=1S/C16H30N4O/c1-6-9-17-15-12(4)16(19-13(5)18-15)20(10-11-21)14(7-2)8-3/h14,21H,6-11H2,1-5H3,(H,17,18,19). The first kappa shape index (κ1) is 17.7. The third-order valence-corrected chi connectivity index (χ3v) is 3.77. The minimum Gasteiger partial charge on any atom is -0.395 e. The number of rotatable bonds is 9. The Morgan fingerprint density at radius 3 is 2.33 bits per heavy atom. The molecule has 1 rings (SSSR count). The van der Waals surface area contributed by atoms with Gasteiger partial charge in [-0.3, -0.25) is 0 Å². The number of nitrogens with one attached hydrogen (secondary N) is 1. The molecular formula is C16H30N4O. The lowest BCUT2D eigenvalue weighted by molar-refractivity contribution is 0.295. The minimum absolute atomic E-state index is 0.136. The highest BCUT2D eigenvalue weighted by molar-refractivity contribution is 5.59. The Morgan fingerprint density at radius 1 is 1.14 bits per heavy atom. The predicted octanol–water partition coefficient (Wildman–Crippen LogP) is 2.90. The average molecular weight is 294 g/mol. The molecule has 1 heterocycles. The van der Waals surface area contributed by atoms with Gasteiger partial charge in [-0.25, -0.2) is 9.97 Å². The lowest BCUT2D eigenvalue weighted by Crippen LogP contribution is -2.38. The van der Waals surface area contributed by atoms with Crippen LogP contribution in [0.2, 0.25) is 0 Å². The topological polar surface area (TPSA) is 61.3 Å². The maximum atomic E-state index is 9.41. The number of aliphatic hydroxyl groups excluding tert-OH is 1. The van der Waals surface area contributed by atoms with Gasteiger partial charge in [-0.1, -0.05) is 20.8 Å². The first-order valence-electron chi connectivity index (χ1n) is 8.05. The molecule has 0 unspecified atom stereocenters. The number of anilines is 2. The summed E-state index contributed by atoms with van der Waals surface area (Å²) in [5.74, 6) is 2.63. The van der Waals surface area contributed by atoms with Crippen LogP contribution in [0.15, 0.2) is 0 Å². The van der Waals surface area contributed by atoms with E-state index < -0.39 is 0 Å². The van der Waals surface area contributed by atoms with Crippen molar-refractivity contribution in [2.75, 3.05) is 29.9 Å². The van der Waals surface area contributed by atoms with Crippen LogP contribution in [-0.4, -0.2) is 40.8 Å². The Hall–Kier alpha value is -1.36. The van der Waals surface area contributed by atoms with Gasteiger partial charge >= 0.3 is 0 Å². The van der Waals surface area contributed by atoms with E-state index in [9.17, 15) is 5.11 Å². The number of aliphatic hydroxyl groups is 1. The Bertz CT molecular complexity index is 433. The van der Waals surface area contributed by atoms with E-state index in [1.165, 1.54) is 0 Å². The van der Waals surface area contributed by atoms with E-state index in [2.05, 4.69) is 47.9 Å². The van der Waals surface area contributed by atoms with E-state index in [1.54, 1.807) is 0 Å². The minimum atomic E-state index is 0.136. The molecule has 0 saturated carbocycles. The number of hydrogen-bond donors (Lipinski definition) is 2. The molecule has 5 nitrogen and oxygen atoms in total. The Morgan fingerprint density at radius 2 is 1.81 bits per heavy atom. The van der Waals surface area contributed by atoms with Crippen LogP contribution in [0.5, 0.6) is 0 Å². The lowest BCUT2D eigenvalue weighted by Gasteiger charge is -2.32. The Labute approximate surface area is 128 Å². The fraction of sp³-hybridized carbons (Fsp3) is 0.750. The monoisotopic (exact) mass is 294 g/mol. The van der Waals surface area contributed by atoms with Crippen LogP contribution in [0.25, 0.3) is 0 Å². The molecule has 0 radical (unpaired) electrons. The molecule has 0 saturated heterocycles.